The van der Waals surface area contributed by atoms with Crippen molar-refractivity contribution in [2.45, 2.75) is 25.2 Å². The van der Waals surface area contributed by atoms with Crippen molar-refractivity contribution < 1.29 is 32.4 Å². The number of carbonyl (C=O) groups excluding carboxylic acids is 2. The molecule has 0 spiro atoms. The maximum atomic E-state index is 13.2. The molecule has 0 saturated heterocycles. The van der Waals surface area contributed by atoms with Crippen LogP contribution in [-0.2, 0) is 23.9 Å². The maximum Gasteiger partial charge on any atom is 0.416 e. The Morgan fingerprint density at radius 2 is 1.71 bits per heavy atom. The van der Waals surface area contributed by atoms with Gasteiger partial charge >= 0.3 is 12.1 Å². The smallest absolute Gasteiger partial charge is 0.416 e. The van der Waals surface area contributed by atoms with Crippen LogP contribution in [0, 0.1) is 10.1 Å². The third-order valence-corrected chi connectivity index (χ3v) is 7.10. The highest BCUT2D eigenvalue weighted by atomic mass is 19.4. The Kier molecular flexibility index (Phi) is 7.77. The first-order valence-electron chi connectivity index (χ1n) is 12.9. The SMILES string of the molecule is NC(=O)C1c2ccc(OC(=O)c3ccccc3-c3ccc(C(F)(F)F)cc3)cc2CCN1Cc1cccc([N+](=O)[O-])c1. The van der Waals surface area contributed by atoms with Gasteiger partial charge in [0.25, 0.3) is 5.69 Å². The van der Waals surface area contributed by atoms with Crippen molar-refractivity contribution in [3.8, 4) is 16.9 Å². The molecule has 1 atom stereocenters. The number of nitrogens with two attached hydrogens (primary N) is 1. The Bertz CT molecular complexity index is 1670. The summed E-state index contributed by atoms with van der Waals surface area (Å²) in [5.41, 5.74) is 8.01. The minimum absolute atomic E-state index is 0.0492. The summed E-state index contributed by atoms with van der Waals surface area (Å²) in [6.45, 7) is 0.698. The van der Waals surface area contributed by atoms with Crippen LogP contribution in [0.2, 0.25) is 0 Å². The monoisotopic (exact) mass is 575 g/mol. The highest BCUT2D eigenvalue weighted by molar-refractivity contribution is 5.98. The van der Waals surface area contributed by atoms with Crippen LogP contribution in [0.3, 0.4) is 0 Å². The van der Waals surface area contributed by atoms with Crippen LogP contribution in [0.4, 0.5) is 18.9 Å². The first kappa shape index (κ1) is 28.5. The van der Waals surface area contributed by atoms with Gasteiger partial charge in [-0.1, -0.05) is 48.5 Å². The zero-order chi connectivity index (χ0) is 30.0. The first-order valence-corrected chi connectivity index (χ1v) is 12.9. The van der Waals surface area contributed by atoms with Crippen LogP contribution >= 0.6 is 0 Å². The average molecular weight is 576 g/mol. The van der Waals surface area contributed by atoms with E-state index in [1.54, 1.807) is 48.5 Å². The molecular weight excluding hydrogens is 551 g/mol. The summed E-state index contributed by atoms with van der Waals surface area (Å²) in [7, 11) is 0. The molecule has 1 aliphatic rings. The molecular formula is C31H24F3N3O5. The van der Waals surface area contributed by atoms with Gasteiger partial charge in [-0.05, 0) is 64.6 Å². The molecule has 1 unspecified atom stereocenters. The van der Waals surface area contributed by atoms with E-state index in [0.717, 1.165) is 17.7 Å². The van der Waals surface area contributed by atoms with E-state index in [-0.39, 0.29) is 23.5 Å². The summed E-state index contributed by atoms with van der Waals surface area (Å²) in [6, 6.07) is 21.2. The summed E-state index contributed by atoms with van der Waals surface area (Å²) in [5.74, 6) is -1.05. The number of ether oxygens (including phenoxy) is 1. The normalized spacial score (nSPS) is 15.1. The van der Waals surface area contributed by atoms with Crippen LogP contribution < -0.4 is 10.5 Å². The number of rotatable bonds is 7. The van der Waals surface area contributed by atoms with E-state index >= 15 is 0 Å². The van der Waals surface area contributed by atoms with Gasteiger partial charge in [0.15, 0.2) is 0 Å². The molecule has 1 heterocycles. The zero-order valence-corrected chi connectivity index (χ0v) is 22.0. The number of nitro benzene ring substituents is 1. The van der Waals surface area contributed by atoms with Gasteiger partial charge in [0.05, 0.1) is 16.1 Å². The van der Waals surface area contributed by atoms with E-state index < -0.39 is 34.6 Å². The standard InChI is InChI=1S/C31H24F3N3O5/c32-31(33,34)22-10-8-20(9-11-22)25-6-1-2-7-27(25)30(39)42-24-12-13-26-21(17-24)14-15-36(28(26)29(35)38)18-19-4-3-5-23(16-19)37(40)41/h1-13,16-17,28H,14-15,18H2,(H2,35,38). The highest BCUT2D eigenvalue weighted by Gasteiger charge is 2.33. The van der Waals surface area contributed by atoms with Crippen molar-refractivity contribution in [3.05, 3.63) is 129 Å². The molecule has 42 heavy (non-hydrogen) atoms. The summed E-state index contributed by atoms with van der Waals surface area (Å²) in [5, 5.41) is 11.2. The van der Waals surface area contributed by atoms with Crippen molar-refractivity contribution in [3.63, 3.8) is 0 Å². The molecule has 0 saturated carbocycles. The van der Waals surface area contributed by atoms with Gasteiger partial charge in [0.2, 0.25) is 5.91 Å². The van der Waals surface area contributed by atoms with E-state index in [4.69, 9.17) is 10.5 Å². The maximum absolute atomic E-state index is 13.2. The number of primary amides is 1. The van der Waals surface area contributed by atoms with Gasteiger partial charge in [-0.2, -0.15) is 13.2 Å². The number of nitrogens with zero attached hydrogens (tertiary/aromatic N) is 2. The van der Waals surface area contributed by atoms with Crippen LogP contribution in [0.25, 0.3) is 11.1 Å². The predicted octanol–water partition coefficient (Wildman–Crippen LogP) is 6.08. The third-order valence-electron chi connectivity index (χ3n) is 7.10. The van der Waals surface area contributed by atoms with Gasteiger partial charge < -0.3 is 10.5 Å². The molecule has 5 rings (SSSR count). The van der Waals surface area contributed by atoms with E-state index in [1.165, 1.54) is 30.3 Å². The lowest BCUT2D eigenvalue weighted by molar-refractivity contribution is -0.384. The van der Waals surface area contributed by atoms with Crippen LogP contribution in [0.1, 0.15) is 38.7 Å². The van der Waals surface area contributed by atoms with Gasteiger partial charge in [0, 0.05) is 25.2 Å². The average Bonchev–Trinajstić information content (AvgIpc) is 2.96. The number of halogens is 3. The molecule has 0 aliphatic carbocycles. The fraction of sp³-hybridized carbons (Fsp3) is 0.161. The van der Waals surface area contributed by atoms with E-state index in [2.05, 4.69) is 0 Å². The van der Waals surface area contributed by atoms with Crippen LogP contribution in [-0.4, -0.2) is 28.2 Å². The molecule has 0 aromatic heterocycles. The lowest BCUT2D eigenvalue weighted by atomic mass is 9.91. The minimum atomic E-state index is -4.48. The topological polar surface area (TPSA) is 116 Å². The van der Waals surface area contributed by atoms with E-state index in [0.29, 0.717) is 35.2 Å². The quantitative estimate of drug-likeness (QED) is 0.124. The highest BCUT2D eigenvalue weighted by Crippen LogP contribution is 2.35. The molecule has 214 valence electrons. The molecule has 2 N–H and O–H groups in total. The van der Waals surface area contributed by atoms with Crippen molar-refractivity contribution >= 4 is 17.6 Å². The number of fused-ring (bicyclic) bond motifs is 1. The molecule has 0 fully saturated rings. The Labute approximate surface area is 238 Å². The summed E-state index contributed by atoms with van der Waals surface area (Å²) >= 11 is 0. The molecule has 1 aliphatic heterocycles. The number of nitro groups is 1. The molecule has 0 bridgehead atoms. The zero-order valence-electron chi connectivity index (χ0n) is 22.0. The largest absolute Gasteiger partial charge is 0.423 e. The Hall–Kier alpha value is -5.03. The summed E-state index contributed by atoms with van der Waals surface area (Å²) < 4.78 is 44.6. The summed E-state index contributed by atoms with van der Waals surface area (Å²) in [6.07, 6.45) is -3.97. The van der Waals surface area contributed by atoms with E-state index in [9.17, 15) is 32.9 Å². The summed E-state index contributed by atoms with van der Waals surface area (Å²) in [4.78, 5) is 38.2. The Morgan fingerprint density at radius 3 is 2.40 bits per heavy atom. The number of hydrogen-bond donors (Lipinski definition) is 1. The van der Waals surface area contributed by atoms with Gasteiger partial charge in [0.1, 0.15) is 11.8 Å². The number of amides is 1. The lowest BCUT2D eigenvalue weighted by Crippen LogP contribution is -2.42. The fourth-order valence-electron chi connectivity index (χ4n) is 5.14. The van der Waals surface area contributed by atoms with Crippen molar-refractivity contribution in [1.82, 2.24) is 4.90 Å². The van der Waals surface area contributed by atoms with Gasteiger partial charge in [-0.3, -0.25) is 19.8 Å². The molecule has 11 heteroatoms. The van der Waals surface area contributed by atoms with Crippen LogP contribution in [0.15, 0.2) is 91.0 Å². The van der Waals surface area contributed by atoms with Crippen molar-refractivity contribution in [1.29, 1.82) is 0 Å². The molecule has 8 nitrogen and oxygen atoms in total. The molecule has 1 amide bonds. The predicted molar refractivity (Wildman–Crippen MR) is 147 cm³/mol. The second-order valence-corrected chi connectivity index (χ2v) is 9.82. The number of hydrogen-bond acceptors (Lipinski definition) is 6. The second kappa shape index (κ2) is 11.5. The first-order chi connectivity index (χ1) is 20.0. The van der Waals surface area contributed by atoms with Gasteiger partial charge in [-0.15, -0.1) is 0 Å². The van der Waals surface area contributed by atoms with Crippen molar-refractivity contribution in [2.75, 3.05) is 6.54 Å². The second-order valence-electron chi connectivity index (χ2n) is 9.82. The molecule has 4 aromatic rings. The fourth-order valence-corrected chi connectivity index (χ4v) is 5.14. The minimum Gasteiger partial charge on any atom is -0.423 e. The number of benzene rings is 4. The molecule has 0 radical (unpaired) electrons. The number of non-ortho nitro benzene ring substituents is 1. The van der Waals surface area contributed by atoms with E-state index in [1.807, 2.05) is 4.90 Å². The van der Waals surface area contributed by atoms with Crippen LogP contribution in [0.5, 0.6) is 5.75 Å². The lowest BCUT2D eigenvalue weighted by Gasteiger charge is -2.35. The molecule has 4 aromatic carbocycles. The number of alkyl halides is 3. The Morgan fingerprint density at radius 1 is 0.976 bits per heavy atom. The van der Waals surface area contributed by atoms with Gasteiger partial charge in [-0.25, -0.2) is 4.79 Å². The Balaban J connectivity index is 1.36. The number of carbonyl (C=O) groups is 2. The number of esters is 1. The van der Waals surface area contributed by atoms with Crippen molar-refractivity contribution in [2.24, 2.45) is 5.73 Å². The third kappa shape index (κ3) is 6.01.